The Kier molecular flexibility index (Phi) is 3.27. The molecule has 0 aliphatic rings. The summed E-state index contributed by atoms with van der Waals surface area (Å²) in [6.45, 7) is 0.454. The lowest BCUT2D eigenvalue weighted by Crippen LogP contribution is -2.04. The average molecular weight is 215 g/mol. The van der Waals surface area contributed by atoms with Crippen LogP contribution in [-0.4, -0.2) is 24.5 Å². The second kappa shape index (κ2) is 4.86. The van der Waals surface area contributed by atoms with Gasteiger partial charge in [-0.05, 0) is 12.1 Å². The van der Waals surface area contributed by atoms with Gasteiger partial charge in [0, 0.05) is 30.7 Å². The number of aromatic nitrogens is 1. The highest BCUT2D eigenvalue weighted by Gasteiger charge is 2.09. The van der Waals surface area contributed by atoms with E-state index in [-0.39, 0.29) is 5.78 Å². The highest BCUT2D eigenvalue weighted by molar-refractivity contribution is 6.07. The fraction of sp³-hybridized carbons (Fsp3) is 0.231. The summed E-state index contributed by atoms with van der Waals surface area (Å²) in [5.74, 6) is 0.0976. The van der Waals surface area contributed by atoms with Crippen LogP contribution in [0.1, 0.15) is 16.8 Å². The predicted octanol–water partition coefficient (Wildman–Crippen LogP) is 2.45. The van der Waals surface area contributed by atoms with Gasteiger partial charge in [0.15, 0.2) is 5.78 Å². The summed E-state index contributed by atoms with van der Waals surface area (Å²) in [6.07, 6.45) is 2.14. The summed E-state index contributed by atoms with van der Waals surface area (Å²) in [5, 5.41) is 0.908. The molecule has 0 saturated heterocycles. The molecular formula is C13H13NO2. The molecule has 0 N–H and O–H groups in total. The number of nitrogens with zero attached hydrogens (tertiary/aromatic N) is 1. The molecule has 0 aliphatic heterocycles. The van der Waals surface area contributed by atoms with E-state index in [0.29, 0.717) is 13.0 Å². The van der Waals surface area contributed by atoms with E-state index in [1.807, 2.05) is 30.3 Å². The van der Waals surface area contributed by atoms with Crippen LogP contribution in [0, 0.1) is 0 Å². The van der Waals surface area contributed by atoms with Crippen molar-refractivity contribution < 1.29 is 9.53 Å². The number of benzene rings is 1. The molecule has 0 fully saturated rings. The van der Waals surface area contributed by atoms with Crippen LogP contribution in [0.25, 0.3) is 10.9 Å². The van der Waals surface area contributed by atoms with E-state index in [2.05, 4.69) is 4.98 Å². The normalized spacial score (nSPS) is 10.6. The Hall–Kier alpha value is -1.74. The average Bonchev–Trinajstić information content (AvgIpc) is 2.35. The minimum atomic E-state index is 0.0976. The van der Waals surface area contributed by atoms with Crippen molar-refractivity contribution in [1.29, 1.82) is 0 Å². The number of hydrogen-bond acceptors (Lipinski definition) is 3. The molecule has 0 saturated carbocycles. The number of ether oxygens (including phenoxy) is 1. The zero-order valence-corrected chi connectivity index (χ0v) is 9.14. The van der Waals surface area contributed by atoms with Crippen LogP contribution in [0.4, 0.5) is 0 Å². The summed E-state index contributed by atoms with van der Waals surface area (Å²) < 4.78 is 4.91. The number of carbonyl (C=O) groups excluding carboxylic acids is 1. The molecule has 0 atom stereocenters. The van der Waals surface area contributed by atoms with Gasteiger partial charge in [-0.3, -0.25) is 9.78 Å². The molecular weight excluding hydrogens is 202 g/mol. The van der Waals surface area contributed by atoms with Gasteiger partial charge in [-0.1, -0.05) is 18.2 Å². The molecule has 0 aliphatic carbocycles. The summed E-state index contributed by atoms with van der Waals surface area (Å²) in [5.41, 5.74) is 1.58. The Morgan fingerprint density at radius 2 is 2.19 bits per heavy atom. The SMILES string of the molecule is COCCC(=O)c1cccc2ncccc12. The molecule has 0 radical (unpaired) electrons. The topological polar surface area (TPSA) is 39.2 Å². The first-order chi connectivity index (χ1) is 7.83. The molecule has 1 heterocycles. The van der Waals surface area contributed by atoms with E-state index in [9.17, 15) is 4.79 Å². The van der Waals surface area contributed by atoms with Crippen molar-refractivity contribution in [1.82, 2.24) is 4.98 Å². The highest BCUT2D eigenvalue weighted by atomic mass is 16.5. The van der Waals surface area contributed by atoms with Gasteiger partial charge in [-0.2, -0.15) is 0 Å². The lowest BCUT2D eigenvalue weighted by atomic mass is 10.0. The Morgan fingerprint density at radius 1 is 1.31 bits per heavy atom. The molecule has 0 bridgehead atoms. The summed E-state index contributed by atoms with van der Waals surface area (Å²) >= 11 is 0. The number of ketones is 1. The highest BCUT2D eigenvalue weighted by Crippen LogP contribution is 2.17. The van der Waals surface area contributed by atoms with Gasteiger partial charge in [-0.25, -0.2) is 0 Å². The molecule has 0 amide bonds. The van der Waals surface area contributed by atoms with E-state index >= 15 is 0 Å². The molecule has 0 unspecified atom stereocenters. The van der Waals surface area contributed by atoms with Crippen molar-refractivity contribution in [3.63, 3.8) is 0 Å². The minimum Gasteiger partial charge on any atom is -0.384 e. The van der Waals surface area contributed by atoms with Crippen molar-refractivity contribution in [3.8, 4) is 0 Å². The van der Waals surface area contributed by atoms with Crippen LogP contribution in [0.3, 0.4) is 0 Å². The van der Waals surface area contributed by atoms with Gasteiger partial charge >= 0.3 is 0 Å². The third-order valence-corrected chi connectivity index (χ3v) is 2.48. The van der Waals surface area contributed by atoms with Crippen LogP contribution in [0.5, 0.6) is 0 Å². The standard InChI is InChI=1S/C13H13NO2/c1-16-9-7-13(15)11-4-2-6-12-10(11)5-3-8-14-12/h2-6,8H,7,9H2,1H3. The number of fused-ring (bicyclic) bond motifs is 1. The monoisotopic (exact) mass is 215 g/mol. The molecule has 1 aromatic heterocycles. The van der Waals surface area contributed by atoms with Gasteiger partial charge in [0.1, 0.15) is 0 Å². The molecule has 0 spiro atoms. The van der Waals surface area contributed by atoms with Crippen LogP contribution in [-0.2, 0) is 4.74 Å². The van der Waals surface area contributed by atoms with Crippen molar-refractivity contribution in [3.05, 3.63) is 42.1 Å². The lowest BCUT2D eigenvalue weighted by molar-refractivity contribution is 0.0934. The van der Waals surface area contributed by atoms with Crippen LogP contribution >= 0.6 is 0 Å². The van der Waals surface area contributed by atoms with Gasteiger partial charge in [-0.15, -0.1) is 0 Å². The maximum Gasteiger partial charge on any atom is 0.165 e. The zero-order chi connectivity index (χ0) is 11.4. The molecule has 2 rings (SSSR count). The summed E-state index contributed by atoms with van der Waals surface area (Å²) in [4.78, 5) is 16.1. The Labute approximate surface area is 94.1 Å². The van der Waals surface area contributed by atoms with E-state index in [4.69, 9.17) is 4.74 Å². The minimum absolute atomic E-state index is 0.0976. The summed E-state index contributed by atoms with van der Waals surface area (Å²) in [7, 11) is 1.60. The molecule has 3 nitrogen and oxygen atoms in total. The largest absolute Gasteiger partial charge is 0.384 e. The molecule has 1 aromatic carbocycles. The van der Waals surface area contributed by atoms with Crippen LogP contribution < -0.4 is 0 Å². The van der Waals surface area contributed by atoms with Crippen molar-refractivity contribution in [2.45, 2.75) is 6.42 Å². The summed E-state index contributed by atoms with van der Waals surface area (Å²) in [6, 6.07) is 9.36. The van der Waals surface area contributed by atoms with Crippen molar-refractivity contribution in [2.24, 2.45) is 0 Å². The first-order valence-electron chi connectivity index (χ1n) is 5.19. The van der Waals surface area contributed by atoms with Crippen LogP contribution in [0.15, 0.2) is 36.5 Å². The van der Waals surface area contributed by atoms with Crippen molar-refractivity contribution in [2.75, 3.05) is 13.7 Å². The Bertz CT molecular complexity index is 503. The number of methoxy groups -OCH3 is 1. The lowest BCUT2D eigenvalue weighted by Gasteiger charge is -2.04. The Morgan fingerprint density at radius 3 is 3.00 bits per heavy atom. The third kappa shape index (κ3) is 2.09. The fourth-order valence-electron chi connectivity index (χ4n) is 1.68. The number of carbonyl (C=O) groups is 1. The van der Waals surface area contributed by atoms with E-state index in [1.54, 1.807) is 13.3 Å². The second-order valence-corrected chi connectivity index (χ2v) is 3.54. The van der Waals surface area contributed by atoms with E-state index in [0.717, 1.165) is 16.5 Å². The van der Waals surface area contributed by atoms with Gasteiger partial charge in [0.2, 0.25) is 0 Å². The third-order valence-electron chi connectivity index (χ3n) is 2.48. The molecule has 2 aromatic rings. The zero-order valence-electron chi connectivity index (χ0n) is 9.14. The molecule has 3 heteroatoms. The first-order valence-corrected chi connectivity index (χ1v) is 5.19. The maximum absolute atomic E-state index is 11.9. The number of rotatable bonds is 4. The fourth-order valence-corrected chi connectivity index (χ4v) is 1.68. The van der Waals surface area contributed by atoms with Crippen LogP contribution in [0.2, 0.25) is 0 Å². The smallest absolute Gasteiger partial charge is 0.165 e. The number of Topliss-reactive ketones (excluding diaryl/α,β-unsaturated/α-hetero) is 1. The predicted molar refractivity (Wildman–Crippen MR) is 62.6 cm³/mol. The quantitative estimate of drug-likeness (QED) is 0.735. The van der Waals surface area contributed by atoms with Gasteiger partial charge < -0.3 is 4.74 Å². The number of pyridine rings is 1. The van der Waals surface area contributed by atoms with Crippen molar-refractivity contribution >= 4 is 16.7 Å². The van der Waals surface area contributed by atoms with E-state index < -0.39 is 0 Å². The van der Waals surface area contributed by atoms with Gasteiger partial charge in [0.25, 0.3) is 0 Å². The Balaban J connectivity index is 2.40. The first kappa shape index (κ1) is 10.8. The maximum atomic E-state index is 11.9. The van der Waals surface area contributed by atoms with Gasteiger partial charge in [0.05, 0.1) is 12.1 Å². The second-order valence-electron chi connectivity index (χ2n) is 3.54. The molecule has 82 valence electrons. The molecule has 16 heavy (non-hydrogen) atoms. The van der Waals surface area contributed by atoms with E-state index in [1.165, 1.54) is 0 Å². The number of hydrogen-bond donors (Lipinski definition) is 0.